The summed E-state index contributed by atoms with van der Waals surface area (Å²) >= 11 is 0. The standard InChI is InChI=1S/C9H12F2O2/c10-9(11)8(13)6-4-2-1-3-5-7(6)12/h6,9H,1-5H2/t6-/m1/s1. The highest BCUT2D eigenvalue weighted by molar-refractivity contribution is 6.03. The Balaban J connectivity index is 2.64. The van der Waals surface area contributed by atoms with Crippen molar-refractivity contribution in [2.24, 2.45) is 5.92 Å². The zero-order valence-electron chi connectivity index (χ0n) is 7.26. The molecule has 0 aromatic heterocycles. The molecule has 74 valence electrons. The largest absolute Gasteiger partial charge is 0.299 e. The molecule has 2 nitrogen and oxygen atoms in total. The Morgan fingerprint density at radius 3 is 2.62 bits per heavy atom. The highest BCUT2D eigenvalue weighted by Crippen LogP contribution is 2.22. The van der Waals surface area contributed by atoms with Gasteiger partial charge in [-0.25, -0.2) is 8.78 Å². The minimum atomic E-state index is -2.99. The summed E-state index contributed by atoms with van der Waals surface area (Å²) in [5, 5.41) is 0. The summed E-state index contributed by atoms with van der Waals surface area (Å²) in [5.41, 5.74) is 0. The maximum absolute atomic E-state index is 12.0. The van der Waals surface area contributed by atoms with Gasteiger partial charge in [-0.05, 0) is 12.8 Å². The van der Waals surface area contributed by atoms with Crippen LogP contribution < -0.4 is 0 Å². The number of hydrogen-bond acceptors (Lipinski definition) is 2. The van der Waals surface area contributed by atoms with Gasteiger partial charge in [0.1, 0.15) is 5.78 Å². The normalized spacial score (nSPS) is 24.5. The van der Waals surface area contributed by atoms with Crippen LogP contribution >= 0.6 is 0 Å². The Hall–Kier alpha value is -0.800. The van der Waals surface area contributed by atoms with Crippen molar-refractivity contribution in [2.75, 3.05) is 0 Å². The molecule has 4 heteroatoms. The SMILES string of the molecule is O=C1CCCCC[C@H]1C(=O)C(F)F. The van der Waals surface area contributed by atoms with E-state index in [1.807, 2.05) is 0 Å². The van der Waals surface area contributed by atoms with E-state index in [0.29, 0.717) is 12.8 Å². The van der Waals surface area contributed by atoms with Gasteiger partial charge in [0.2, 0.25) is 5.78 Å². The van der Waals surface area contributed by atoms with Crippen LogP contribution in [0, 0.1) is 5.92 Å². The Morgan fingerprint density at radius 2 is 2.00 bits per heavy atom. The van der Waals surface area contributed by atoms with Crippen molar-refractivity contribution in [2.45, 2.75) is 38.5 Å². The fourth-order valence-corrected chi connectivity index (χ4v) is 1.61. The van der Waals surface area contributed by atoms with Crippen molar-refractivity contribution in [3.8, 4) is 0 Å². The second-order valence-electron chi connectivity index (χ2n) is 3.32. The molecule has 13 heavy (non-hydrogen) atoms. The molecule has 1 fully saturated rings. The molecule has 0 spiro atoms. The molecule has 1 atom stereocenters. The van der Waals surface area contributed by atoms with E-state index in [1.165, 1.54) is 0 Å². The second kappa shape index (κ2) is 4.44. The van der Waals surface area contributed by atoms with Crippen LogP contribution in [0.15, 0.2) is 0 Å². The molecule has 1 aliphatic carbocycles. The molecule has 0 saturated heterocycles. The van der Waals surface area contributed by atoms with Crippen molar-refractivity contribution in [1.29, 1.82) is 0 Å². The first-order valence-corrected chi connectivity index (χ1v) is 4.47. The van der Waals surface area contributed by atoms with Crippen molar-refractivity contribution in [1.82, 2.24) is 0 Å². The lowest BCUT2D eigenvalue weighted by Crippen LogP contribution is -2.28. The van der Waals surface area contributed by atoms with Crippen LogP contribution in [0.4, 0.5) is 8.78 Å². The molecule has 1 aliphatic rings. The molecule has 0 amide bonds. The average molecular weight is 190 g/mol. The minimum absolute atomic E-state index is 0.281. The quantitative estimate of drug-likeness (QED) is 0.492. The van der Waals surface area contributed by atoms with Crippen molar-refractivity contribution in [3.05, 3.63) is 0 Å². The van der Waals surface area contributed by atoms with Crippen molar-refractivity contribution >= 4 is 11.6 Å². The third-order valence-corrected chi connectivity index (χ3v) is 2.36. The lowest BCUT2D eigenvalue weighted by atomic mass is 9.94. The van der Waals surface area contributed by atoms with Gasteiger partial charge >= 0.3 is 0 Å². The Bertz CT molecular complexity index is 214. The number of alkyl halides is 2. The van der Waals surface area contributed by atoms with Crippen LogP contribution in [-0.4, -0.2) is 18.0 Å². The van der Waals surface area contributed by atoms with E-state index in [9.17, 15) is 18.4 Å². The molecular formula is C9H12F2O2. The summed E-state index contributed by atoms with van der Waals surface area (Å²) in [4.78, 5) is 22.1. The van der Waals surface area contributed by atoms with E-state index in [1.54, 1.807) is 0 Å². The van der Waals surface area contributed by atoms with E-state index < -0.39 is 18.1 Å². The maximum atomic E-state index is 12.0. The fraction of sp³-hybridized carbons (Fsp3) is 0.778. The smallest absolute Gasteiger partial charge is 0.296 e. The average Bonchev–Trinajstić information content (AvgIpc) is 2.28. The van der Waals surface area contributed by atoms with E-state index >= 15 is 0 Å². The number of halogens is 2. The molecule has 0 heterocycles. The predicted molar refractivity (Wildman–Crippen MR) is 42.6 cm³/mol. The van der Waals surface area contributed by atoms with Gasteiger partial charge in [-0.3, -0.25) is 9.59 Å². The molecule has 0 aromatic rings. The number of ketones is 2. The van der Waals surface area contributed by atoms with Crippen LogP contribution in [0.2, 0.25) is 0 Å². The molecule has 0 radical (unpaired) electrons. The predicted octanol–water partition coefficient (Wildman–Crippen LogP) is 1.97. The van der Waals surface area contributed by atoms with E-state index in [4.69, 9.17) is 0 Å². The second-order valence-corrected chi connectivity index (χ2v) is 3.32. The van der Waals surface area contributed by atoms with Gasteiger partial charge in [0, 0.05) is 6.42 Å². The first kappa shape index (κ1) is 10.3. The van der Waals surface area contributed by atoms with Crippen molar-refractivity contribution in [3.63, 3.8) is 0 Å². The molecule has 0 unspecified atom stereocenters. The number of rotatable bonds is 2. The zero-order valence-corrected chi connectivity index (χ0v) is 7.26. The van der Waals surface area contributed by atoms with E-state index in [-0.39, 0.29) is 12.2 Å². The molecule has 1 rings (SSSR count). The van der Waals surface area contributed by atoms with Crippen molar-refractivity contribution < 1.29 is 18.4 Å². The van der Waals surface area contributed by atoms with Gasteiger partial charge < -0.3 is 0 Å². The molecule has 0 bridgehead atoms. The van der Waals surface area contributed by atoms with Gasteiger partial charge in [-0.2, -0.15) is 0 Å². The molecule has 0 aliphatic heterocycles. The molecule has 1 saturated carbocycles. The van der Waals surface area contributed by atoms with E-state index in [2.05, 4.69) is 0 Å². The maximum Gasteiger partial charge on any atom is 0.296 e. The Kier molecular flexibility index (Phi) is 3.51. The summed E-state index contributed by atoms with van der Waals surface area (Å²) in [7, 11) is 0. The minimum Gasteiger partial charge on any atom is -0.299 e. The molecule has 0 N–H and O–H groups in total. The zero-order chi connectivity index (χ0) is 9.84. The highest BCUT2D eigenvalue weighted by atomic mass is 19.3. The summed E-state index contributed by atoms with van der Waals surface area (Å²) in [6.45, 7) is 0. The van der Waals surface area contributed by atoms with Gasteiger partial charge in [-0.1, -0.05) is 12.8 Å². The first-order valence-electron chi connectivity index (χ1n) is 4.47. The van der Waals surface area contributed by atoms with Gasteiger partial charge in [0.15, 0.2) is 0 Å². The Morgan fingerprint density at radius 1 is 1.31 bits per heavy atom. The molecule has 0 aromatic carbocycles. The fourth-order valence-electron chi connectivity index (χ4n) is 1.61. The number of Topliss-reactive ketones (excluding diaryl/α,β-unsaturated/α-hetero) is 2. The molecular weight excluding hydrogens is 178 g/mol. The van der Waals surface area contributed by atoms with Crippen LogP contribution in [0.1, 0.15) is 32.1 Å². The lowest BCUT2D eigenvalue weighted by Gasteiger charge is -2.09. The first-order chi connectivity index (χ1) is 6.13. The van der Waals surface area contributed by atoms with E-state index in [0.717, 1.165) is 12.8 Å². The lowest BCUT2D eigenvalue weighted by molar-refractivity contribution is -0.140. The number of carbonyl (C=O) groups excluding carboxylic acids is 2. The van der Waals surface area contributed by atoms with Gasteiger partial charge in [-0.15, -0.1) is 0 Å². The van der Waals surface area contributed by atoms with Crippen LogP contribution in [-0.2, 0) is 9.59 Å². The third kappa shape index (κ3) is 2.57. The topological polar surface area (TPSA) is 34.1 Å². The highest BCUT2D eigenvalue weighted by Gasteiger charge is 2.32. The number of carbonyl (C=O) groups is 2. The summed E-state index contributed by atoms with van der Waals surface area (Å²) in [6, 6.07) is 0. The van der Waals surface area contributed by atoms with Crippen LogP contribution in [0.3, 0.4) is 0 Å². The Labute approximate surface area is 75.3 Å². The van der Waals surface area contributed by atoms with Gasteiger partial charge in [0.25, 0.3) is 6.43 Å². The summed E-state index contributed by atoms with van der Waals surface area (Å²) in [6.07, 6.45) is -0.114. The summed E-state index contributed by atoms with van der Waals surface area (Å²) in [5.74, 6) is -2.52. The van der Waals surface area contributed by atoms with Gasteiger partial charge in [0.05, 0.1) is 5.92 Å². The monoisotopic (exact) mass is 190 g/mol. The summed E-state index contributed by atoms with van der Waals surface area (Å²) < 4.78 is 24.0. The number of hydrogen-bond donors (Lipinski definition) is 0. The third-order valence-electron chi connectivity index (χ3n) is 2.36. The van der Waals surface area contributed by atoms with Crippen LogP contribution in [0.5, 0.6) is 0 Å². The van der Waals surface area contributed by atoms with Crippen LogP contribution in [0.25, 0.3) is 0 Å².